The molecular weight excluding hydrogens is 220 g/mol. The first-order chi connectivity index (χ1) is 7.86. The van der Waals surface area contributed by atoms with E-state index in [9.17, 15) is 9.59 Å². The maximum absolute atomic E-state index is 11.6. The number of hydrogen-bond acceptors (Lipinski definition) is 2. The second kappa shape index (κ2) is 7.70. The average Bonchev–Trinajstić information content (AvgIpc) is 2.15. The predicted molar refractivity (Wildman–Crippen MR) is 66.8 cm³/mol. The summed E-state index contributed by atoms with van der Waals surface area (Å²) in [6, 6.07) is -0.701. The summed E-state index contributed by atoms with van der Waals surface area (Å²) >= 11 is 0. The molecule has 0 saturated carbocycles. The van der Waals surface area contributed by atoms with Crippen LogP contribution in [0.2, 0.25) is 0 Å². The van der Waals surface area contributed by atoms with Crippen LogP contribution in [0.1, 0.15) is 33.6 Å². The van der Waals surface area contributed by atoms with Crippen LogP contribution in [0.3, 0.4) is 0 Å². The van der Waals surface area contributed by atoms with Crippen LogP contribution in [0, 0.1) is 5.92 Å². The zero-order chi connectivity index (χ0) is 13.4. The number of carbonyl (C=O) groups is 2. The molecule has 0 spiro atoms. The van der Waals surface area contributed by atoms with E-state index in [1.165, 1.54) is 0 Å². The third-order valence-electron chi connectivity index (χ3n) is 2.41. The molecule has 0 bridgehead atoms. The minimum absolute atomic E-state index is 0.00913. The van der Waals surface area contributed by atoms with Gasteiger partial charge in [0.2, 0.25) is 0 Å². The molecular formula is C12H22N2O3. The van der Waals surface area contributed by atoms with Crippen molar-refractivity contribution < 1.29 is 14.7 Å². The Labute approximate surface area is 102 Å². The Bertz CT molecular complexity index is 277. The molecule has 2 amide bonds. The van der Waals surface area contributed by atoms with Gasteiger partial charge in [0, 0.05) is 12.1 Å². The second-order valence-corrected chi connectivity index (χ2v) is 4.49. The molecule has 2 atom stereocenters. The molecule has 0 aliphatic rings. The first-order valence-electron chi connectivity index (χ1n) is 5.76. The Morgan fingerprint density at radius 3 is 2.29 bits per heavy atom. The highest BCUT2D eigenvalue weighted by Gasteiger charge is 2.19. The van der Waals surface area contributed by atoms with E-state index in [4.69, 9.17) is 5.11 Å². The van der Waals surface area contributed by atoms with Crippen LogP contribution in [0.25, 0.3) is 0 Å². The third-order valence-corrected chi connectivity index (χ3v) is 2.41. The molecule has 0 radical (unpaired) electrons. The van der Waals surface area contributed by atoms with E-state index in [0.717, 1.165) is 0 Å². The highest BCUT2D eigenvalue weighted by atomic mass is 16.4. The standard InChI is InChI=1S/C12H22N2O3/c1-5-6-9(4)13-12(17)14-10(8(2)3)7-11(15)16/h5,8-10H,1,6-7H2,2-4H3,(H,15,16)(H2,13,14,17). The summed E-state index contributed by atoms with van der Waals surface area (Å²) in [4.78, 5) is 22.2. The third kappa shape index (κ3) is 7.38. The van der Waals surface area contributed by atoms with Crippen molar-refractivity contribution in [3.8, 4) is 0 Å². The summed E-state index contributed by atoms with van der Waals surface area (Å²) in [6.07, 6.45) is 2.34. The normalized spacial score (nSPS) is 13.9. The van der Waals surface area contributed by atoms with Crippen molar-refractivity contribution >= 4 is 12.0 Å². The van der Waals surface area contributed by atoms with E-state index < -0.39 is 5.97 Å². The SMILES string of the molecule is C=CCC(C)NC(=O)NC(CC(=O)O)C(C)C. The highest BCUT2D eigenvalue weighted by molar-refractivity contribution is 5.76. The number of nitrogens with one attached hydrogen (secondary N) is 2. The highest BCUT2D eigenvalue weighted by Crippen LogP contribution is 2.06. The van der Waals surface area contributed by atoms with Crippen LogP contribution in [0.5, 0.6) is 0 Å². The fourth-order valence-corrected chi connectivity index (χ4v) is 1.38. The number of carbonyl (C=O) groups excluding carboxylic acids is 1. The monoisotopic (exact) mass is 242 g/mol. The largest absolute Gasteiger partial charge is 0.481 e. The average molecular weight is 242 g/mol. The summed E-state index contributed by atoms with van der Waals surface area (Å²) in [7, 11) is 0. The van der Waals surface area contributed by atoms with Crippen LogP contribution in [0.15, 0.2) is 12.7 Å². The maximum Gasteiger partial charge on any atom is 0.315 e. The lowest BCUT2D eigenvalue weighted by molar-refractivity contribution is -0.137. The number of urea groups is 1. The molecule has 17 heavy (non-hydrogen) atoms. The zero-order valence-electron chi connectivity index (χ0n) is 10.7. The van der Waals surface area contributed by atoms with Crippen LogP contribution in [-0.4, -0.2) is 29.2 Å². The van der Waals surface area contributed by atoms with Crippen molar-refractivity contribution in [3.05, 3.63) is 12.7 Å². The molecule has 98 valence electrons. The van der Waals surface area contributed by atoms with E-state index in [1.54, 1.807) is 6.08 Å². The molecule has 0 heterocycles. The number of hydrogen-bond donors (Lipinski definition) is 3. The van der Waals surface area contributed by atoms with E-state index >= 15 is 0 Å². The summed E-state index contributed by atoms with van der Waals surface area (Å²) in [5.74, 6) is -0.838. The molecule has 0 aromatic rings. The maximum atomic E-state index is 11.6. The Morgan fingerprint density at radius 2 is 1.88 bits per heavy atom. The van der Waals surface area contributed by atoms with Crippen LogP contribution in [0.4, 0.5) is 4.79 Å². The fraction of sp³-hybridized carbons (Fsp3) is 0.667. The summed E-state index contributed by atoms with van der Waals surface area (Å²) in [5.41, 5.74) is 0. The number of carboxylic acid groups (broad SMARTS) is 1. The van der Waals surface area contributed by atoms with Crippen molar-refractivity contribution in [1.82, 2.24) is 10.6 Å². The number of aliphatic carboxylic acids is 1. The fourth-order valence-electron chi connectivity index (χ4n) is 1.38. The van der Waals surface area contributed by atoms with Crippen molar-refractivity contribution in [3.63, 3.8) is 0 Å². The molecule has 0 saturated heterocycles. The lowest BCUT2D eigenvalue weighted by atomic mass is 10.0. The van der Waals surface area contributed by atoms with Gasteiger partial charge in [0.25, 0.3) is 0 Å². The lowest BCUT2D eigenvalue weighted by Crippen LogP contribution is -2.47. The molecule has 0 aliphatic carbocycles. The second-order valence-electron chi connectivity index (χ2n) is 4.49. The number of amides is 2. The number of rotatable bonds is 7. The van der Waals surface area contributed by atoms with Crippen molar-refractivity contribution in [2.75, 3.05) is 0 Å². The van der Waals surface area contributed by atoms with Gasteiger partial charge in [0.1, 0.15) is 0 Å². The Morgan fingerprint density at radius 1 is 1.29 bits per heavy atom. The Kier molecular flexibility index (Phi) is 7.02. The molecule has 0 aromatic heterocycles. The van der Waals surface area contributed by atoms with Crippen LogP contribution in [-0.2, 0) is 4.79 Å². The zero-order valence-corrected chi connectivity index (χ0v) is 10.7. The molecule has 0 rings (SSSR count). The smallest absolute Gasteiger partial charge is 0.315 e. The van der Waals surface area contributed by atoms with Gasteiger partial charge in [0.05, 0.1) is 6.42 Å². The van der Waals surface area contributed by atoms with E-state index in [-0.39, 0.29) is 30.5 Å². The summed E-state index contributed by atoms with van der Waals surface area (Å²) < 4.78 is 0. The van der Waals surface area contributed by atoms with Gasteiger partial charge >= 0.3 is 12.0 Å². The molecule has 0 aromatic carbocycles. The van der Waals surface area contributed by atoms with Crippen LogP contribution < -0.4 is 10.6 Å². The van der Waals surface area contributed by atoms with Gasteiger partial charge in [-0.2, -0.15) is 0 Å². The van der Waals surface area contributed by atoms with E-state index in [1.807, 2.05) is 20.8 Å². The molecule has 2 unspecified atom stereocenters. The van der Waals surface area contributed by atoms with E-state index in [0.29, 0.717) is 6.42 Å². The molecule has 5 heteroatoms. The first kappa shape index (κ1) is 15.5. The minimum atomic E-state index is -0.914. The van der Waals surface area contributed by atoms with Crippen molar-refractivity contribution in [2.24, 2.45) is 5.92 Å². The lowest BCUT2D eigenvalue weighted by Gasteiger charge is -2.22. The van der Waals surface area contributed by atoms with E-state index in [2.05, 4.69) is 17.2 Å². The minimum Gasteiger partial charge on any atom is -0.481 e. The van der Waals surface area contributed by atoms with Gasteiger partial charge in [-0.1, -0.05) is 19.9 Å². The topological polar surface area (TPSA) is 78.4 Å². The number of carboxylic acids is 1. The quantitative estimate of drug-likeness (QED) is 0.595. The summed E-state index contributed by atoms with van der Waals surface area (Å²) in [5, 5.41) is 14.1. The van der Waals surface area contributed by atoms with Gasteiger partial charge in [-0.25, -0.2) is 4.79 Å². The molecule has 3 N–H and O–H groups in total. The van der Waals surface area contributed by atoms with Gasteiger partial charge in [-0.15, -0.1) is 6.58 Å². The van der Waals surface area contributed by atoms with Crippen molar-refractivity contribution in [2.45, 2.75) is 45.7 Å². The first-order valence-corrected chi connectivity index (χ1v) is 5.76. The molecule has 0 aliphatic heterocycles. The van der Waals surface area contributed by atoms with Gasteiger partial charge in [0.15, 0.2) is 0 Å². The molecule has 5 nitrogen and oxygen atoms in total. The van der Waals surface area contributed by atoms with Crippen molar-refractivity contribution in [1.29, 1.82) is 0 Å². The van der Waals surface area contributed by atoms with Crippen LogP contribution >= 0.6 is 0 Å². The van der Waals surface area contributed by atoms with Gasteiger partial charge in [-0.3, -0.25) is 4.79 Å². The summed E-state index contributed by atoms with van der Waals surface area (Å²) in [6.45, 7) is 9.20. The van der Waals surface area contributed by atoms with Gasteiger partial charge in [-0.05, 0) is 19.3 Å². The van der Waals surface area contributed by atoms with Gasteiger partial charge < -0.3 is 15.7 Å². The Balaban J connectivity index is 4.21. The Hall–Kier alpha value is -1.52. The molecule has 0 fully saturated rings. The predicted octanol–water partition coefficient (Wildman–Crippen LogP) is 1.75.